The average molecular weight is 434 g/mol. The molecule has 7 heteroatoms. The third-order valence-corrected chi connectivity index (χ3v) is 6.27. The molecule has 2 heterocycles. The van der Waals surface area contributed by atoms with Crippen LogP contribution in [-0.4, -0.2) is 15.5 Å². The van der Waals surface area contributed by atoms with Crippen LogP contribution in [0.5, 0.6) is 11.5 Å². The maximum absolute atomic E-state index is 12.8. The highest BCUT2D eigenvalue weighted by Crippen LogP contribution is 2.26. The molecule has 0 unspecified atom stereocenters. The van der Waals surface area contributed by atoms with E-state index < -0.39 is 0 Å². The first-order valence-electron chi connectivity index (χ1n) is 10.1. The molecule has 4 rings (SSSR count). The molecular weight excluding hydrogens is 410 g/mol. The zero-order chi connectivity index (χ0) is 21.8. The number of ether oxygens (including phenoxy) is 1. The summed E-state index contributed by atoms with van der Waals surface area (Å²) >= 11 is 1.52. The summed E-state index contributed by atoms with van der Waals surface area (Å²) in [6, 6.07) is 17.1. The fourth-order valence-electron chi connectivity index (χ4n) is 3.30. The molecule has 0 saturated heterocycles. The van der Waals surface area contributed by atoms with E-state index >= 15 is 0 Å². The lowest BCUT2D eigenvalue weighted by molar-refractivity contribution is -0.121. The van der Waals surface area contributed by atoms with Gasteiger partial charge < -0.3 is 10.1 Å². The number of nitrogens with one attached hydrogen (secondary N) is 1. The Balaban J connectivity index is 1.38. The van der Waals surface area contributed by atoms with E-state index in [4.69, 9.17) is 4.74 Å². The highest BCUT2D eigenvalue weighted by atomic mass is 32.1. The number of aromatic nitrogens is 2. The lowest BCUT2D eigenvalue weighted by Crippen LogP contribution is -2.27. The molecule has 1 amide bonds. The molecule has 0 atom stereocenters. The molecule has 6 nitrogen and oxygen atoms in total. The van der Waals surface area contributed by atoms with Gasteiger partial charge in [0.25, 0.3) is 5.56 Å². The van der Waals surface area contributed by atoms with Crippen molar-refractivity contribution in [3.8, 4) is 11.5 Å². The number of benzene rings is 2. The molecule has 0 aliphatic carbocycles. The standard InChI is InChI=1S/C24H23N3O3S/c1-16-17(2)31-23-22(16)24(29)27(15-26-23)13-12-21(28)25-14-18-8-6-7-11-20(18)30-19-9-4-3-5-10-19/h3-11,15H,12-14H2,1-2H3,(H,25,28). The molecule has 158 valence electrons. The van der Waals surface area contributed by atoms with Crippen molar-refractivity contribution < 1.29 is 9.53 Å². The van der Waals surface area contributed by atoms with Crippen LogP contribution < -0.4 is 15.6 Å². The van der Waals surface area contributed by atoms with E-state index in [1.54, 1.807) is 0 Å². The predicted molar refractivity (Wildman–Crippen MR) is 123 cm³/mol. The van der Waals surface area contributed by atoms with E-state index in [1.807, 2.05) is 68.4 Å². The Bertz CT molecular complexity index is 1280. The van der Waals surface area contributed by atoms with Gasteiger partial charge in [-0.15, -0.1) is 11.3 Å². The zero-order valence-electron chi connectivity index (χ0n) is 17.4. The number of thiophene rings is 1. The largest absolute Gasteiger partial charge is 0.457 e. The SMILES string of the molecule is Cc1sc2ncn(CCC(=O)NCc3ccccc3Oc3ccccc3)c(=O)c2c1C. The van der Waals surface area contributed by atoms with Crippen molar-refractivity contribution in [2.75, 3.05) is 0 Å². The first-order chi connectivity index (χ1) is 15.0. The van der Waals surface area contributed by atoms with Gasteiger partial charge in [-0.05, 0) is 37.6 Å². The zero-order valence-corrected chi connectivity index (χ0v) is 18.2. The van der Waals surface area contributed by atoms with Crippen LogP contribution in [0.3, 0.4) is 0 Å². The van der Waals surface area contributed by atoms with E-state index in [0.717, 1.165) is 26.6 Å². The van der Waals surface area contributed by atoms with Crippen LogP contribution in [0.25, 0.3) is 10.2 Å². The minimum absolute atomic E-state index is 0.0961. The fraction of sp³-hybridized carbons (Fsp3) is 0.208. The first-order valence-corrected chi connectivity index (χ1v) is 10.9. The van der Waals surface area contributed by atoms with Gasteiger partial charge in [0.1, 0.15) is 16.3 Å². The monoisotopic (exact) mass is 433 g/mol. The third kappa shape index (κ3) is 4.67. The number of carbonyl (C=O) groups excluding carboxylic acids is 1. The summed E-state index contributed by atoms with van der Waals surface area (Å²) in [7, 11) is 0. The number of hydrogen-bond donors (Lipinski definition) is 1. The number of rotatable bonds is 7. The third-order valence-electron chi connectivity index (χ3n) is 5.16. The second kappa shape index (κ2) is 9.14. The Morgan fingerprint density at radius 2 is 1.84 bits per heavy atom. The van der Waals surface area contributed by atoms with Crippen LogP contribution in [0.2, 0.25) is 0 Å². The summed E-state index contributed by atoms with van der Waals surface area (Å²) in [5.41, 5.74) is 1.75. The smallest absolute Gasteiger partial charge is 0.262 e. The number of para-hydroxylation sites is 2. The molecular formula is C24H23N3O3S. The van der Waals surface area contributed by atoms with Crippen LogP contribution >= 0.6 is 11.3 Å². The summed E-state index contributed by atoms with van der Waals surface area (Å²) in [6.45, 7) is 4.54. The molecule has 0 aliphatic rings. The van der Waals surface area contributed by atoms with E-state index in [-0.39, 0.29) is 24.4 Å². The van der Waals surface area contributed by atoms with Gasteiger partial charge in [0.2, 0.25) is 5.91 Å². The van der Waals surface area contributed by atoms with Crippen LogP contribution in [0.15, 0.2) is 65.7 Å². The van der Waals surface area contributed by atoms with Crippen molar-refractivity contribution in [1.29, 1.82) is 0 Å². The van der Waals surface area contributed by atoms with Crippen LogP contribution in [0, 0.1) is 13.8 Å². The summed E-state index contributed by atoms with van der Waals surface area (Å²) in [5, 5.41) is 3.57. The lowest BCUT2D eigenvalue weighted by atomic mass is 10.2. The van der Waals surface area contributed by atoms with Gasteiger partial charge in [0, 0.05) is 30.0 Å². The van der Waals surface area contributed by atoms with Crippen LogP contribution in [0.1, 0.15) is 22.4 Å². The summed E-state index contributed by atoms with van der Waals surface area (Å²) in [5.74, 6) is 1.30. The van der Waals surface area contributed by atoms with Gasteiger partial charge in [-0.3, -0.25) is 14.2 Å². The summed E-state index contributed by atoms with van der Waals surface area (Å²) < 4.78 is 7.44. The van der Waals surface area contributed by atoms with Gasteiger partial charge in [-0.1, -0.05) is 36.4 Å². The maximum atomic E-state index is 12.8. The van der Waals surface area contributed by atoms with Crippen molar-refractivity contribution in [2.45, 2.75) is 33.4 Å². The summed E-state index contributed by atoms with van der Waals surface area (Å²) in [4.78, 5) is 31.4. The summed E-state index contributed by atoms with van der Waals surface area (Å²) in [6.07, 6.45) is 1.72. The molecule has 0 spiro atoms. The number of fused-ring (bicyclic) bond motifs is 1. The molecule has 0 fully saturated rings. The van der Waals surface area contributed by atoms with E-state index in [2.05, 4.69) is 10.3 Å². The number of carbonyl (C=O) groups is 1. The Morgan fingerprint density at radius 1 is 1.10 bits per heavy atom. The number of hydrogen-bond acceptors (Lipinski definition) is 5. The Kier molecular flexibility index (Phi) is 6.13. The first kappa shape index (κ1) is 20.8. The Hall–Kier alpha value is -3.45. The molecule has 0 bridgehead atoms. The normalized spacial score (nSPS) is 10.9. The van der Waals surface area contributed by atoms with Crippen LogP contribution in [0.4, 0.5) is 0 Å². The van der Waals surface area contributed by atoms with Crippen molar-refractivity contribution in [3.63, 3.8) is 0 Å². The molecule has 1 N–H and O–H groups in total. The lowest BCUT2D eigenvalue weighted by Gasteiger charge is -2.12. The van der Waals surface area contributed by atoms with Gasteiger partial charge in [0.15, 0.2) is 0 Å². The van der Waals surface area contributed by atoms with Crippen LogP contribution in [-0.2, 0) is 17.9 Å². The Morgan fingerprint density at radius 3 is 2.65 bits per heavy atom. The minimum Gasteiger partial charge on any atom is -0.457 e. The molecule has 0 saturated carbocycles. The molecule has 4 aromatic rings. The van der Waals surface area contributed by atoms with Gasteiger partial charge in [-0.25, -0.2) is 4.98 Å². The number of amides is 1. The molecule has 2 aromatic carbocycles. The quantitative estimate of drug-likeness (QED) is 0.463. The van der Waals surface area contributed by atoms with E-state index in [1.165, 1.54) is 22.2 Å². The topological polar surface area (TPSA) is 73.2 Å². The highest BCUT2D eigenvalue weighted by molar-refractivity contribution is 7.18. The van der Waals surface area contributed by atoms with Gasteiger partial charge >= 0.3 is 0 Å². The molecule has 0 radical (unpaired) electrons. The molecule has 2 aromatic heterocycles. The highest BCUT2D eigenvalue weighted by Gasteiger charge is 2.13. The van der Waals surface area contributed by atoms with Gasteiger partial charge in [-0.2, -0.15) is 0 Å². The fourth-order valence-corrected chi connectivity index (χ4v) is 4.29. The van der Waals surface area contributed by atoms with Crippen molar-refractivity contribution in [2.24, 2.45) is 0 Å². The number of nitrogens with zero attached hydrogens (tertiary/aromatic N) is 2. The van der Waals surface area contributed by atoms with E-state index in [0.29, 0.717) is 17.7 Å². The second-order valence-electron chi connectivity index (χ2n) is 7.26. The van der Waals surface area contributed by atoms with Crippen molar-refractivity contribution in [1.82, 2.24) is 14.9 Å². The van der Waals surface area contributed by atoms with Crippen molar-refractivity contribution >= 4 is 27.5 Å². The molecule has 0 aliphatic heterocycles. The minimum atomic E-state index is -0.139. The Labute approximate surface area is 184 Å². The second-order valence-corrected chi connectivity index (χ2v) is 8.46. The van der Waals surface area contributed by atoms with E-state index in [9.17, 15) is 9.59 Å². The average Bonchev–Trinajstić information content (AvgIpc) is 3.07. The maximum Gasteiger partial charge on any atom is 0.262 e. The number of aryl methyl sites for hydroxylation is 3. The van der Waals surface area contributed by atoms with Crippen molar-refractivity contribution in [3.05, 3.63) is 87.3 Å². The van der Waals surface area contributed by atoms with Gasteiger partial charge in [0.05, 0.1) is 11.7 Å². The predicted octanol–water partition coefficient (Wildman–Crippen LogP) is 4.57. The molecule has 31 heavy (non-hydrogen) atoms.